The Kier molecular flexibility index (Phi) is 16.3. The van der Waals surface area contributed by atoms with Gasteiger partial charge in [0.05, 0.1) is 0 Å². The van der Waals surface area contributed by atoms with E-state index >= 15 is 0 Å². The second kappa shape index (κ2) is 11.7. The molecule has 1 nitrogen and oxygen atoms in total. The molecule has 0 amide bonds. The monoisotopic (exact) mass is 158 g/mol. The Morgan fingerprint density at radius 3 is 2.11 bits per heavy atom. The van der Waals surface area contributed by atoms with Crippen LogP contribution in [0.25, 0.3) is 0 Å². The van der Waals surface area contributed by atoms with Gasteiger partial charge in [0.2, 0.25) is 0 Å². The summed E-state index contributed by atoms with van der Waals surface area (Å²) in [5, 5.41) is 3.78. The number of hydrogen-bond donors (Lipinski definition) is 0. The van der Waals surface area contributed by atoms with Crippen LogP contribution in [0.1, 0.15) is 20.8 Å². The summed E-state index contributed by atoms with van der Waals surface area (Å²) in [7, 11) is 0. The van der Waals surface area contributed by atoms with Crippen molar-refractivity contribution in [2.24, 2.45) is 0 Å². The van der Waals surface area contributed by atoms with E-state index in [0.29, 0.717) is 19.7 Å². The van der Waals surface area contributed by atoms with Crippen LogP contribution < -0.4 is 0 Å². The summed E-state index contributed by atoms with van der Waals surface area (Å²) < 4.78 is 5.30. The molecule has 0 spiro atoms. The molecule has 0 aromatic heterocycles. The molecule has 0 N–H and O–H groups in total. The van der Waals surface area contributed by atoms with E-state index in [0.717, 1.165) is 0 Å². The zero-order chi connectivity index (χ0) is 7.70. The van der Waals surface area contributed by atoms with Crippen molar-refractivity contribution in [2.75, 3.05) is 0 Å². The minimum absolute atomic E-state index is 0.164. The fourth-order valence-electron chi connectivity index (χ4n) is 0.331. The molecule has 9 heavy (non-hydrogen) atoms. The molecule has 0 saturated carbocycles. The van der Waals surface area contributed by atoms with Crippen LogP contribution in [0, 0.1) is 0 Å². The average Bonchev–Trinajstić information content (AvgIpc) is 1.93. The first-order chi connectivity index (χ1) is 4.31. The average molecular weight is 158 g/mol. The molecular formula is C6H16Al2O. The molecule has 0 rings (SSSR count). The van der Waals surface area contributed by atoms with E-state index < -0.39 is 0 Å². The molecule has 52 valence electrons. The van der Waals surface area contributed by atoms with E-state index in [1.807, 2.05) is 13.8 Å². The first kappa shape index (κ1) is 12.6. The van der Waals surface area contributed by atoms with E-state index in [2.05, 4.69) is 18.1 Å². The molecular weight excluding hydrogens is 142 g/mol. The normalized spacial score (nSPS) is 10.2. The van der Waals surface area contributed by atoms with E-state index in [1.165, 1.54) is 0 Å². The zero-order valence-corrected chi connectivity index (χ0v) is 9.55. The summed E-state index contributed by atoms with van der Waals surface area (Å²) in [5.74, 6) is 2.14. The van der Waals surface area contributed by atoms with Crippen LogP contribution in [0.5, 0.6) is 0 Å². The van der Waals surface area contributed by atoms with Gasteiger partial charge in [-0.05, 0) is 0 Å². The summed E-state index contributed by atoms with van der Waals surface area (Å²) in [6.07, 6.45) is 0. The van der Waals surface area contributed by atoms with Gasteiger partial charge < -0.3 is 0 Å². The maximum atomic E-state index is 5.30. The molecule has 0 fully saturated rings. The minimum atomic E-state index is -0.164. The third kappa shape index (κ3) is 12.2. The van der Waals surface area contributed by atoms with Crippen molar-refractivity contribution in [3.63, 3.8) is 0 Å². The Morgan fingerprint density at radius 2 is 2.00 bits per heavy atom. The predicted octanol–water partition coefficient (Wildman–Crippen LogP) is 0.911. The van der Waals surface area contributed by atoms with Crippen molar-refractivity contribution in [2.45, 2.75) is 31.5 Å². The topological polar surface area (TPSA) is 9.23 Å². The van der Waals surface area contributed by atoms with Crippen molar-refractivity contribution in [3.05, 3.63) is 0 Å². The molecule has 0 aliphatic carbocycles. The Morgan fingerprint density at radius 1 is 1.56 bits per heavy atom. The summed E-state index contributed by atoms with van der Waals surface area (Å²) in [6, 6.07) is 0. The van der Waals surface area contributed by atoms with Crippen LogP contribution in [0.15, 0.2) is 0 Å². The van der Waals surface area contributed by atoms with Crippen LogP contribution in [0.3, 0.4) is 0 Å². The van der Waals surface area contributed by atoms with Crippen LogP contribution in [0.2, 0.25) is 5.79 Å². The van der Waals surface area contributed by atoms with Gasteiger partial charge in [-0.1, -0.05) is 13.8 Å². The first-order valence-corrected chi connectivity index (χ1v) is 7.03. The van der Waals surface area contributed by atoms with Gasteiger partial charge in [0, 0.05) is 0 Å². The summed E-state index contributed by atoms with van der Waals surface area (Å²) in [5.41, 5.74) is 0. The van der Waals surface area contributed by atoms with E-state index in [1.54, 1.807) is 0 Å². The Bertz CT molecular complexity index is 57.0. The van der Waals surface area contributed by atoms with Crippen LogP contribution >= 0.6 is 0 Å². The van der Waals surface area contributed by atoms with E-state index in [4.69, 9.17) is 3.79 Å². The van der Waals surface area contributed by atoms with E-state index in [-0.39, 0.29) is 15.6 Å². The maximum absolute atomic E-state index is 5.30. The molecule has 0 aromatic rings. The Labute approximate surface area is 71.1 Å². The van der Waals surface area contributed by atoms with Gasteiger partial charge in [0.25, 0.3) is 0 Å². The van der Waals surface area contributed by atoms with Crippen molar-refractivity contribution in [3.8, 4) is 0 Å². The summed E-state index contributed by atoms with van der Waals surface area (Å²) in [4.78, 5) is 0.483. The molecule has 1 atom stereocenters. The van der Waals surface area contributed by atoms with Crippen LogP contribution in [-0.4, -0.2) is 40.7 Å². The van der Waals surface area contributed by atoms with Gasteiger partial charge >= 0.3 is 57.2 Å². The molecule has 3 heteroatoms. The van der Waals surface area contributed by atoms with Gasteiger partial charge in [-0.2, -0.15) is 0 Å². The predicted molar refractivity (Wildman–Crippen MR) is 47.8 cm³/mol. The number of hydrogen-bond acceptors (Lipinski definition) is 1. The van der Waals surface area contributed by atoms with Crippen molar-refractivity contribution < 1.29 is 3.79 Å². The molecule has 0 aromatic carbocycles. The van der Waals surface area contributed by atoms with Crippen molar-refractivity contribution in [1.29, 1.82) is 0 Å². The fourth-order valence-corrected chi connectivity index (χ4v) is 1.98. The van der Waals surface area contributed by atoms with E-state index in [9.17, 15) is 0 Å². The second-order valence-electron chi connectivity index (χ2n) is 1.40. The number of rotatable bonds is 3. The molecule has 0 aliphatic heterocycles. The van der Waals surface area contributed by atoms with Crippen molar-refractivity contribution in [1.82, 2.24) is 0 Å². The van der Waals surface area contributed by atoms with Crippen LogP contribution in [-0.2, 0) is 3.79 Å². The Hall–Kier alpha value is 0.895. The standard InChI is InChI=1S/C2H4O.C2H6.CH3.CH2.2Al.H/c1-2-3;1-2;;;;;/h2H,1H3;1-2H3;1H3;1H2;;;/q-1;;;;;+1;. The second-order valence-corrected chi connectivity index (χ2v) is 3.72. The molecule has 0 heterocycles. The summed E-state index contributed by atoms with van der Waals surface area (Å²) >= 11 is 0.132. The van der Waals surface area contributed by atoms with Gasteiger partial charge in [0.15, 0.2) is 0 Å². The molecule has 0 aliphatic rings. The zero-order valence-electron chi connectivity index (χ0n) is 6.98. The SMILES string of the molecule is CC.[CH2]=[Al][CH](C)[O][AlH][CH3]. The van der Waals surface area contributed by atoms with Gasteiger partial charge in [0.1, 0.15) is 0 Å². The Balaban J connectivity index is 0. The van der Waals surface area contributed by atoms with Crippen LogP contribution in [0.4, 0.5) is 0 Å². The quantitative estimate of drug-likeness (QED) is 0.555. The molecule has 0 saturated heterocycles. The fraction of sp³-hybridized carbons (Fsp3) is 0.833. The summed E-state index contributed by atoms with van der Waals surface area (Å²) in [6.45, 7) is 6.10. The third-order valence-electron chi connectivity index (χ3n) is 0.761. The molecule has 1 unspecified atom stereocenters. The van der Waals surface area contributed by atoms with Crippen molar-refractivity contribution >= 4 is 35.7 Å². The van der Waals surface area contributed by atoms with Gasteiger partial charge in [-0.25, -0.2) is 0 Å². The first-order valence-electron chi connectivity index (χ1n) is 3.55. The molecule has 0 bridgehead atoms. The molecule has 0 radical (unpaired) electrons. The third-order valence-corrected chi connectivity index (χ3v) is 2.86. The van der Waals surface area contributed by atoms with Gasteiger partial charge in [-0.15, -0.1) is 0 Å². The van der Waals surface area contributed by atoms with Gasteiger partial charge in [-0.3, -0.25) is 0 Å².